The van der Waals surface area contributed by atoms with Crippen LogP contribution in [0.15, 0.2) is 6.33 Å². The molecule has 0 aromatic carbocycles. The van der Waals surface area contributed by atoms with Crippen LogP contribution < -0.4 is 10.2 Å². The quantitative estimate of drug-likeness (QED) is 0.603. The Morgan fingerprint density at radius 3 is 2.68 bits per heavy atom. The Balaban J connectivity index is 3.18. The molecule has 1 atom stereocenters. The Morgan fingerprint density at radius 2 is 2.16 bits per heavy atom. The number of hydrogen-bond donors (Lipinski definition) is 1. The number of nitrogens with one attached hydrogen (secondary N) is 1. The first-order valence-corrected chi connectivity index (χ1v) is 6.48. The Bertz CT molecular complexity index is 438. The molecular weight excluding hydrogens is 246 g/mol. The van der Waals surface area contributed by atoms with Crippen LogP contribution in [0, 0.1) is 10.1 Å². The highest BCUT2D eigenvalue weighted by Gasteiger charge is 2.26. The molecule has 1 aromatic heterocycles. The van der Waals surface area contributed by atoms with Crippen molar-refractivity contribution in [2.24, 2.45) is 0 Å². The first-order chi connectivity index (χ1) is 9.02. The van der Waals surface area contributed by atoms with Crippen LogP contribution in [0.1, 0.15) is 33.6 Å². The predicted molar refractivity (Wildman–Crippen MR) is 75.6 cm³/mol. The Hall–Kier alpha value is -1.92. The molecule has 7 nitrogen and oxygen atoms in total. The van der Waals surface area contributed by atoms with E-state index in [1.807, 2.05) is 25.8 Å². The summed E-state index contributed by atoms with van der Waals surface area (Å²) in [6, 6.07) is 0.188. The van der Waals surface area contributed by atoms with Crippen molar-refractivity contribution in [3.8, 4) is 0 Å². The molecule has 1 unspecified atom stereocenters. The minimum atomic E-state index is -0.428. The summed E-state index contributed by atoms with van der Waals surface area (Å²) in [6.07, 6.45) is 3.33. The summed E-state index contributed by atoms with van der Waals surface area (Å²) in [4.78, 5) is 20.7. The molecule has 1 N–H and O–H groups in total. The van der Waals surface area contributed by atoms with Crippen molar-refractivity contribution in [1.29, 1.82) is 0 Å². The van der Waals surface area contributed by atoms with E-state index in [1.165, 1.54) is 6.33 Å². The van der Waals surface area contributed by atoms with Crippen molar-refractivity contribution in [2.45, 2.75) is 39.7 Å². The molecule has 0 bridgehead atoms. The number of nitrogens with zero attached hydrogens (tertiary/aromatic N) is 4. The van der Waals surface area contributed by atoms with E-state index in [2.05, 4.69) is 22.2 Å². The molecule has 1 rings (SSSR count). The van der Waals surface area contributed by atoms with Crippen LogP contribution in [-0.2, 0) is 0 Å². The molecule has 1 heterocycles. The van der Waals surface area contributed by atoms with Crippen molar-refractivity contribution in [3.05, 3.63) is 16.4 Å². The molecule has 0 aliphatic heterocycles. The first-order valence-electron chi connectivity index (χ1n) is 6.48. The van der Waals surface area contributed by atoms with Gasteiger partial charge in [0.2, 0.25) is 11.6 Å². The molecule has 0 saturated carbocycles. The molecule has 19 heavy (non-hydrogen) atoms. The van der Waals surface area contributed by atoms with Gasteiger partial charge in [0, 0.05) is 19.6 Å². The molecule has 0 spiro atoms. The van der Waals surface area contributed by atoms with Gasteiger partial charge >= 0.3 is 5.69 Å². The highest BCUT2D eigenvalue weighted by molar-refractivity contribution is 5.70. The largest absolute Gasteiger partial charge is 0.364 e. The second kappa shape index (κ2) is 6.86. The van der Waals surface area contributed by atoms with E-state index in [9.17, 15) is 10.1 Å². The summed E-state index contributed by atoms with van der Waals surface area (Å²) >= 11 is 0. The predicted octanol–water partition coefficient (Wildman–Crippen LogP) is 2.44. The van der Waals surface area contributed by atoms with Crippen LogP contribution in [-0.4, -0.2) is 34.5 Å². The third-order valence-electron chi connectivity index (χ3n) is 3.03. The number of aromatic nitrogens is 2. The van der Waals surface area contributed by atoms with Gasteiger partial charge < -0.3 is 10.2 Å². The number of nitro groups is 1. The minimum Gasteiger partial charge on any atom is -0.364 e. The van der Waals surface area contributed by atoms with Gasteiger partial charge in [-0.25, -0.2) is 9.97 Å². The fourth-order valence-corrected chi connectivity index (χ4v) is 1.91. The van der Waals surface area contributed by atoms with Gasteiger partial charge in [-0.2, -0.15) is 0 Å². The molecule has 0 amide bonds. The van der Waals surface area contributed by atoms with Crippen molar-refractivity contribution in [1.82, 2.24) is 9.97 Å². The number of rotatable bonds is 7. The summed E-state index contributed by atoms with van der Waals surface area (Å²) in [6.45, 7) is 6.56. The molecule has 0 saturated heterocycles. The standard InChI is InChI=1S/C12H21N5O2/c1-5-7-9(3)16(4)12-10(17(18)19)11(13-6-2)14-8-15-12/h8-9H,5-7H2,1-4H3,(H,13,14,15). The van der Waals surface area contributed by atoms with Gasteiger partial charge in [-0.3, -0.25) is 10.1 Å². The maximum absolute atomic E-state index is 11.3. The Labute approximate surface area is 113 Å². The molecule has 106 valence electrons. The average Bonchev–Trinajstić information content (AvgIpc) is 2.38. The zero-order chi connectivity index (χ0) is 14.4. The van der Waals surface area contributed by atoms with Crippen molar-refractivity contribution in [2.75, 3.05) is 23.8 Å². The Kier molecular flexibility index (Phi) is 5.47. The minimum absolute atomic E-state index is 0.0604. The highest BCUT2D eigenvalue weighted by Crippen LogP contribution is 2.32. The topological polar surface area (TPSA) is 84.2 Å². The van der Waals surface area contributed by atoms with Gasteiger partial charge in [0.05, 0.1) is 4.92 Å². The van der Waals surface area contributed by atoms with Gasteiger partial charge in [-0.05, 0) is 20.3 Å². The molecule has 0 aliphatic rings. The lowest BCUT2D eigenvalue weighted by molar-refractivity contribution is -0.383. The fraction of sp³-hybridized carbons (Fsp3) is 0.667. The lowest BCUT2D eigenvalue weighted by atomic mass is 10.1. The van der Waals surface area contributed by atoms with E-state index in [-0.39, 0.29) is 17.5 Å². The van der Waals surface area contributed by atoms with Gasteiger partial charge in [0.1, 0.15) is 6.33 Å². The normalized spacial score (nSPS) is 12.0. The van der Waals surface area contributed by atoms with Gasteiger partial charge in [0.25, 0.3) is 0 Å². The summed E-state index contributed by atoms with van der Waals surface area (Å²) in [5, 5.41) is 14.2. The van der Waals surface area contributed by atoms with Crippen LogP contribution in [0.3, 0.4) is 0 Å². The van der Waals surface area contributed by atoms with Crippen LogP contribution in [0.5, 0.6) is 0 Å². The monoisotopic (exact) mass is 267 g/mol. The maximum atomic E-state index is 11.3. The highest BCUT2D eigenvalue weighted by atomic mass is 16.6. The lowest BCUT2D eigenvalue weighted by Gasteiger charge is -2.25. The van der Waals surface area contributed by atoms with E-state index in [1.54, 1.807) is 0 Å². The smallest absolute Gasteiger partial charge is 0.353 e. The molecule has 0 radical (unpaired) electrons. The number of anilines is 2. The summed E-state index contributed by atoms with van der Waals surface area (Å²) in [5.74, 6) is 0.630. The summed E-state index contributed by atoms with van der Waals surface area (Å²) in [5.41, 5.74) is -0.0604. The van der Waals surface area contributed by atoms with Crippen molar-refractivity contribution < 1.29 is 4.92 Å². The van der Waals surface area contributed by atoms with E-state index in [4.69, 9.17) is 0 Å². The molecule has 0 aliphatic carbocycles. The molecule has 7 heteroatoms. The van der Waals surface area contributed by atoms with Crippen molar-refractivity contribution in [3.63, 3.8) is 0 Å². The SMILES string of the molecule is CCCC(C)N(C)c1ncnc(NCC)c1[N+](=O)[O-]. The molecular formula is C12H21N5O2. The summed E-state index contributed by atoms with van der Waals surface area (Å²) < 4.78 is 0. The van der Waals surface area contributed by atoms with Gasteiger partial charge in [-0.1, -0.05) is 13.3 Å². The second-order valence-corrected chi connectivity index (χ2v) is 4.43. The van der Waals surface area contributed by atoms with E-state index < -0.39 is 4.92 Å². The van der Waals surface area contributed by atoms with Crippen LogP contribution >= 0.6 is 0 Å². The summed E-state index contributed by atoms with van der Waals surface area (Å²) in [7, 11) is 1.82. The van der Waals surface area contributed by atoms with Gasteiger partial charge in [-0.15, -0.1) is 0 Å². The van der Waals surface area contributed by atoms with E-state index in [0.29, 0.717) is 12.4 Å². The van der Waals surface area contributed by atoms with E-state index >= 15 is 0 Å². The zero-order valence-corrected chi connectivity index (χ0v) is 11.9. The van der Waals surface area contributed by atoms with E-state index in [0.717, 1.165) is 12.8 Å². The van der Waals surface area contributed by atoms with Crippen molar-refractivity contribution >= 4 is 17.3 Å². The fourth-order valence-electron chi connectivity index (χ4n) is 1.91. The Morgan fingerprint density at radius 1 is 1.47 bits per heavy atom. The third kappa shape index (κ3) is 3.52. The third-order valence-corrected chi connectivity index (χ3v) is 3.03. The van der Waals surface area contributed by atoms with Crippen LogP contribution in [0.4, 0.5) is 17.3 Å². The number of hydrogen-bond acceptors (Lipinski definition) is 6. The van der Waals surface area contributed by atoms with Crippen LogP contribution in [0.25, 0.3) is 0 Å². The van der Waals surface area contributed by atoms with Crippen LogP contribution in [0.2, 0.25) is 0 Å². The zero-order valence-electron chi connectivity index (χ0n) is 11.9. The van der Waals surface area contributed by atoms with Gasteiger partial charge in [0.15, 0.2) is 0 Å². The first kappa shape index (κ1) is 15.1. The molecule has 1 aromatic rings. The maximum Gasteiger partial charge on any atom is 0.353 e. The lowest BCUT2D eigenvalue weighted by Crippen LogP contribution is -2.30. The second-order valence-electron chi connectivity index (χ2n) is 4.43. The average molecular weight is 267 g/mol. The molecule has 0 fully saturated rings.